The molecular formula is C24H38N4O7. The van der Waals surface area contributed by atoms with Crippen molar-refractivity contribution in [2.75, 3.05) is 0 Å². The molecule has 0 saturated heterocycles. The first kappa shape index (κ1) is 29.9. The van der Waals surface area contributed by atoms with Gasteiger partial charge in [0.25, 0.3) is 0 Å². The molecule has 11 heteroatoms. The Bertz CT molecular complexity index is 871. The summed E-state index contributed by atoms with van der Waals surface area (Å²) in [6.07, 6.45) is -1.15. The maximum Gasteiger partial charge on any atom is 0.326 e. The first-order valence-corrected chi connectivity index (χ1v) is 11.6. The smallest absolute Gasteiger partial charge is 0.326 e. The van der Waals surface area contributed by atoms with Gasteiger partial charge < -0.3 is 37.0 Å². The number of hydrogen-bond donors (Lipinski definition) is 7. The molecule has 0 bridgehead atoms. The third-order valence-corrected chi connectivity index (χ3v) is 5.41. The second-order valence-electron chi connectivity index (χ2n) is 9.46. The number of rotatable bonds is 13. The van der Waals surface area contributed by atoms with Crippen LogP contribution in [0.3, 0.4) is 0 Å². The predicted molar refractivity (Wildman–Crippen MR) is 129 cm³/mol. The van der Waals surface area contributed by atoms with Crippen molar-refractivity contribution in [3.05, 3.63) is 29.8 Å². The number of carbonyl (C=O) groups is 4. The van der Waals surface area contributed by atoms with Gasteiger partial charge in [-0.1, -0.05) is 39.8 Å². The number of carbonyl (C=O) groups excluding carboxylic acids is 3. The molecule has 8 N–H and O–H groups in total. The Morgan fingerprint density at radius 1 is 0.857 bits per heavy atom. The Balaban J connectivity index is 3.15. The molecule has 0 aliphatic heterocycles. The number of benzene rings is 1. The second kappa shape index (κ2) is 13.6. The van der Waals surface area contributed by atoms with Gasteiger partial charge in [0.05, 0.1) is 12.1 Å². The van der Waals surface area contributed by atoms with Gasteiger partial charge >= 0.3 is 5.97 Å². The molecule has 0 radical (unpaired) electrons. The Morgan fingerprint density at radius 3 is 1.86 bits per heavy atom. The number of aliphatic hydroxyl groups excluding tert-OH is 1. The van der Waals surface area contributed by atoms with Crippen LogP contribution in [0.1, 0.15) is 46.6 Å². The third kappa shape index (κ3) is 9.91. The van der Waals surface area contributed by atoms with Crippen LogP contribution >= 0.6 is 0 Å². The molecule has 0 heterocycles. The average Bonchev–Trinajstić information content (AvgIpc) is 2.76. The van der Waals surface area contributed by atoms with Gasteiger partial charge in [0.15, 0.2) is 0 Å². The Labute approximate surface area is 205 Å². The van der Waals surface area contributed by atoms with E-state index >= 15 is 0 Å². The zero-order valence-corrected chi connectivity index (χ0v) is 20.8. The fraction of sp³-hybridized carbons (Fsp3) is 0.583. The van der Waals surface area contributed by atoms with Crippen molar-refractivity contribution in [3.8, 4) is 5.75 Å². The molecule has 1 rings (SSSR count). The lowest BCUT2D eigenvalue weighted by Crippen LogP contribution is -2.60. The number of aromatic hydroxyl groups is 1. The Hall–Kier alpha value is -3.18. The summed E-state index contributed by atoms with van der Waals surface area (Å²) in [5.74, 6) is -3.63. The fourth-order valence-electron chi connectivity index (χ4n) is 3.26. The minimum Gasteiger partial charge on any atom is -0.508 e. The van der Waals surface area contributed by atoms with Gasteiger partial charge in [-0.3, -0.25) is 14.4 Å². The molecule has 0 saturated carbocycles. The number of aliphatic carboxylic acids is 1. The van der Waals surface area contributed by atoms with Crippen LogP contribution in [0.2, 0.25) is 0 Å². The molecule has 1 aromatic carbocycles. The van der Waals surface area contributed by atoms with Gasteiger partial charge in [0, 0.05) is 6.42 Å². The summed E-state index contributed by atoms with van der Waals surface area (Å²) in [5, 5.41) is 36.5. The number of nitrogens with one attached hydrogen (secondary N) is 3. The number of nitrogens with two attached hydrogens (primary N) is 1. The first-order valence-electron chi connectivity index (χ1n) is 11.6. The van der Waals surface area contributed by atoms with E-state index in [1.807, 2.05) is 13.8 Å². The quantitative estimate of drug-likeness (QED) is 0.197. The highest BCUT2D eigenvalue weighted by Crippen LogP contribution is 2.13. The van der Waals surface area contributed by atoms with E-state index in [0.29, 0.717) is 5.56 Å². The molecule has 0 fully saturated rings. The van der Waals surface area contributed by atoms with E-state index in [4.69, 9.17) is 5.73 Å². The molecular weight excluding hydrogens is 456 g/mol. The number of amides is 3. The molecule has 0 spiro atoms. The summed E-state index contributed by atoms with van der Waals surface area (Å²) in [6.45, 7) is 8.40. The summed E-state index contributed by atoms with van der Waals surface area (Å²) in [5.41, 5.74) is 6.41. The summed E-state index contributed by atoms with van der Waals surface area (Å²) in [4.78, 5) is 50.1. The number of carboxylic acid groups (broad SMARTS) is 1. The van der Waals surface area contributed by atoms with Crippen molar-refractivity contribution in [3.63, 3.8) is 0 Å². The molecule has 1 aromatic rings. The number of carboxylic acids is 1. The monoisotopic (exact) mass is 494 g/mol. The van der Waals surface area contributed by atoms with Gasteiger partial charge in [-0.25, -0.2) is 4.79 Å². The minimum absolute atomic E-state index is 0.0125. The minimum atomic E-state index is -1.40. The van der Waals surface area contributed by atoms with E-state index in [2.05, 4.69) is 16.0 Å². The van der Waals surface area contributed by atoms with Crippen LogP contribution < -0.4 is 21.7 Å². The molecule has 5 unspecified atom stereocenters. The SMILES string of the molecule is CC(C)CC(NC(=O)C(Cc1ccc(O)cc1)NC(=O)C(NC(=O)C(N)C(C)C)C(C)O)C(=O)O. The Kier molecular flexibility index (Phi) is 11.6. The topological polar surface area (TPSA) is 191 Å². The van der Waals surface area contributed by atoms with Gasteiger partial charge in [-0.05, 0) is 42.9 Å². The van der Waals surface area contributed by atoms with E-state index in [0.717, 1.165) is 0 Å². The maximum atomic E-state index is 13.1. The van der Waals surface area contributed by atoms with Crippen LogP contribution in [0.25, 0.3) is 0 Å². The number of aliphatic hydroxyl groups is 1. The van der Waals surface area contributed by atoms with Crippen molar-refractivity contribution < 1.29 is 34.5 Å². The highest BCUT2D eigenvalue weighted by molar-refractivity contribution is 5.94. The van der Waals surface area contributed by atoms with Crippen molar-refractivity contribution >= 4 is 23.7 Å². The van der Waals surface area contributed by atoms with E-state index in [1.54, 1.807) is 26.0 Å². The molecule has 0 aromatic heterocycles. The highest BCUT2D eigenvalue weighted by Gasteiger charge is 2.33. The van der Waals surface area contributed by atoms with Crippen molar-refractivity contribution in [2.45, 2.75) is 77.7 Å². The summed E-state index contributed by atoms with van der Waals surface area (Å²) in [7, 11) is 0. The largest absolute Gasteiger partial charge is 0.508 e. The van der Waals surface area contributed by atoms with Gasteiger partial charge in [-0.15, -0.1) is 0 Å². The van der Waals surface area contributed by atoms with Gasteiger partial charge in [-0.2, -0.15) is 0 Å². The fourth-order valence-corrected chi connectivity index (χ4v) is 3.26. The van der Waals surface area contributed by atoms with E-state index in [9.17, 15) is 34.5 Å². The van der Waals surface area contributed by atoms with Gasteiger partial charge in [0.1, 0.15) is 23.9 Å². The standard InChI is InChI=1S/C24H38N4O7/c1-12(2)10-18(24(34)35)27-21(31)17(11-15-6-8-16(30)9-7-15)26-23(33)20(14(5)29)28-22(32)19(25)13(3)4/h6-9,12-14,17-20,29-30H,10-11,25H2,1-5H3,(H,26,33)(H,27,31)(H,28,32)(H,34,35). The van der Waals surface area contributed by atoms with Crippen molar-refractivity contribution in [1.82, 2.24) is 16.0 Å². The van der Waals surface area contributed by atoms with E-state index < -0.39 is 54.0 Å². The number of phenolic OH excluding ortho intramolecular Hbond substituents is 1. The third-order valence-electron chi connectivity index (χ3n) is 5.41. The zero-order valence-electron chi connectivity index (χ0n) is 20.8. The number of phenols is 1. The summed E-state index contributed by atoms with van der Waals surface area (Å²) < 4.78 is 0. The molecule has 0 aliphatic carbocycles. The van der Waals surface area contributed by atoms with Crippen LogP contribution in [0.15, 0.2) is 24.3 Å². The molecule has 35 heavy (non-hydrogen) atoms. The highest BCUT2D eigenvalue weighted by atomic mass is 16.4. The molecule has 3 amide bonds. The van der Waals surface area contributed by atoms with Crippen molar-refractivity contribution in [2.24, 2.45) is 17.6 Å². The first-order chi connectivity index (χ1) is 16.2. The second-order valence-corrected chi connectivity index (χ2v) is 9.46. The lowest BCUT2D eigenvalue weighted by molar-refractivity contribution is -0.143. The number of hydrogen-bond acceptors (Lipinski definition) is 7. The molecule has 5 atom stereocenters. The molecule has 196 valence electrons. The normalized spacial score (nSPS) is 15.6. The molecule has 11 nitrogen and oxygen atoms in total. The average molecular weight is 495 g/mol. The predicted octanol–water partition coefficient (Wildman–Crippen LogP) is -0.116. The van der Waals surface area contributed by atoms with Gasteiger partial charge in [0.2, 0.25) is 17.7 Å². The lowest BCUT2D eigenvalue weighted by atomic mass is 10.0. The van der Waals surface area contributed by atoms with Crippen LogP contribution in [-0.4, -0.2) is 69.3 Å². The van der Waals surface area contributed by atoms with E-state index in [-0.39, 0.29) is 30.4 Å². The zero-order chi connectivity index (χ0) is 26.9. The van der Waals surface area contributed by atoms with Crippen LogP contribution in [0.5, 0.6) is 5.75 Å². The Morgan fingerprint density at radius 2 is 1.40 bits per heavy atom. The maximum absolute atomic E-state index is 13.1. The molecule has 0 aliphatic rings. The van der Waals surface area contributed by atoms with Crippen LogP contribution in [-0.2, 0) is 25.6 Å². The summed E-state index contributed by atoms with van der Waals surface area (Å²) in [6, 6.07) is 1.24. The van der Waals surface area contributed by atoms with E-state index in [1.165, 1.54) is 19.1 Å². The van der Waals surface area contributed by atoms with Crippen LogP contribution in [0, 0.1) is 11.8 Å². The van der Waals surface area contributed by atoms with Crippen molar-refractivity contribution in [1.29, 1.82) is 0 Å². The summed E-state index contributed by atoms with van der Waals surface area (Å²) >= 11 is 0. The van der Waals surface area contributed by atoms with Crippen LogP contribution in [0.4, 0.5) is 0 Å². The lowest BCUT2D eigenvalue weighted by Gasteiger charge is -2.27.